The quantitative estimate of drug-likeness (QED) is 0.558. The SMILES string of the molecule is Cc1ccn2c(CN3CCN(C(=O)CCc4ccc(OC(F)F)cc4)CC3)c(C)nc2c1. The highest BCUT2D eigenvalue weighted by Gasteiger charge is 2.22. The van der Waals surface area contributed by atoms with E-state index < -0.39 is 6.61 Å². The Bertz CT molecular complexity index is 1070. The summed E-state index contributed by atoms with van der Waals surface area (Å²) in [4.78, 5) is 21.6. The van der Waals surface area contributed by atoms with Gasteiger partial charge in [0.15, 0.2) is 0 Å². The van der Waals surface area contributed by atoms with Gasteiger partial charge >= 0.3 is 6.61 Å². The van der Waals surface area contributed by atoms with Gasteiger partial charge < -0.3 is 14.0 Å². The Hall–Kier alpha value is -3.00. The lowest BCUT2D eigenvalue weighted by molar-refractivity contribution is -0.133. The Balaban J connectivity index is 1.26. The van der Waals surface area contributed by atoms with Crippen LogP contribution in [0.4, 0.5) is 8.78 Å². The van der Waals surface area contributed by atoms with Crippen molar-refractivity contribution in [2.24, 2.45) is 0 Å². The van der Waals surface area contributed by atoms with E-state index in [0.29, 0.717) is 25.9 Å². The van der Waals surface area contributed by atoms with E-state index in [4.69, 9.17) is 0 Å². The van der Waals surface area contributed by atoms with Crippen LogP contribution in [0, 0.1) is 13.8 Å². The minimum absolute atomic E-state index is 0.124. The van der Waals surface area contributed by atoms with Gasteiger partial charge in [-0.1, -0.05) is 12.1 Å². The second-order valence-corrected chi connectivity index (χ2v) is 8.26. The van der Waals surface area contributed by atoms with Crippen molar-refractivity contribution in [2.75, 3.05) is 26.2 Å². The number of fused-ring (bicyclic) bond motifs is 1. The summed E-state index contributed by atoms with van der Waals surface area (Å²) < 4.78 is 31.0. The van der Waals surface area contributed by atoms with Gasteiger partial charge in [-0.15, -0.1) is 0 Å². The molecule has 0 aliphatic carbocycles. The molecule has 0 saturated carbocycles. The molecule has 1 amide bonds. The van der Waals surface area contributed by atoms with Gasteiger partial charge in [0.05, 0.1) is 11.4 Å². The number of ether oxygens (including phenoxy) is 1. The lowest BCUT2D eigenvalue weighted by Crippen LogP contribution is -2.48. The average molecular weight is 443 g/mol. The molecule has 0 spiro atoms. The minimum atomic E-state index is -2.83. The molecule has 0 bridgehead atoms. The summed E-state index contributed by atoms with van der Waals surface area (Å²) in [6.45, 7) is 5.14. The number of benzene rings is 1. The van der Waals surface area contributed by atoms with E-state index in [2.05, 4.69) is 44.3 Å². The molecule has 0 unspecified atom stereocenters. The lowest BCUT2D eigenvalue weighted by Gasteiger charge is -2.34. The predicted octanol–water partition coefficient (Wildman–Crippen LogP) is 3.83. The molecule has 1 aromatic carbocycles. The number of aromatic nitrogens is 2. The molecule has 6 nitrogen and oxygen atoms in total. The molecule has 32 heavy (non-hydrogen) atoms. The number of nitrogens with zero attached hydrogens (tertiary/aromatic N) is 4. The van der Waals surface area contributed by atoms with E-state index in [0.717, 1.165) is 36.5 Å². The Morgan fingerprint density at radius 3 is 2.50 bits per heavy atom. The fourth-order valence-corrected chi connectivity index (χ4v) is 4.12. The third-order valence-corrected chi connectivity index (χ3v) is 5.96. The van der Waals surface area contributed by atoms with Crippen molar-refractivity contribution in [1.29, 1.82) is 0 Å². The Morgan fingerprint density at radius 2 is 1.81 bits per heavy atom. The zero-order valence-electron chi connectivity index (χ0n) is 18.4. The maximum atomic E-state index is 12.6. The highest BCUT2D eigenvalue weighted by molar-refractivity contribution is 5.76. The van der Waals surface area contributed by atoms with E-state index in [-0.39, 0.29) is 11.7 Å². The highest BCUT2D eigenvalue weighted by atomic mass is 19.3. The molecule has 4 rings (SSSR count). The van der Waals surface area contributed by atoms with Crippen molar-refractivity contribution in [1.82, 2.24) is 19.2 Å². The van der Waals surface area contributed by atoms with Gasteiger partial charge in [0, 0.05) is 45.3 Å². The standard InChI is InChI=1S/C24H28F2N4O2/c1-17-9-10-30-21(18(2)27-22(30)15-17)16-28-11-13-29(14-12-28)23(31)8-5-19-3-6-20(7-4-19)32-24(25)26/h3-4,6-7,9-10,15,24H,5,8,11-14,16H2,1-2H3. The van der Waals surface area contributed by atoms with Gasteiger partial charge in [0.25, 0.3) is 0 Å². The van der Waals surface area contributed by atoms with Gasteiger partial charge in [-0.2, -0.15) is 8.78 Å². The van der Waals surface area contributed by atoms with E-state index in [1.54, 1.807) is 12.1 Å². The van der Waals surface area contributed by atoms with Gasteiger partial charge in [0.1, 0.15) is 11.4 Å². The van der Waals surface area contributed by atoms with Crippen LogP contribution < -0.4 is 4.74 Å². The number of alkyl halides is 2. The van der Waals surface area contributed by atoms with Gasteiger partial charge in [-0.25, -0.2) is 4.98 Å². The largest absolute Gasteiger partial charge is 0.435 e. The van der Waals surface area contributed by atoms with Gasteiger partial charge in [-0.3, -0.25) is 9.69 Å². The van der Waals surface area contributed by atoms with Crippen LogP contribution in [0.5, 0.6) is 5.75 Å². The zero-order valence-corrected chi connectivity index (χ0v) is 18.4. The fourth-order valence-electron chi connectivity index (χ4n) is 4.12. The van der Waals surface area contributed by atoms with Crippen LogP contribution in [-0.4, -0.2) is 57.9 Å². The number of imidazole rings is 1. The molecule has 1 aliphatic heterocycles. The monoisotopic (exact) mass is 442 g/mol. The summed E-state index contributed by atoms with van der Waals surface area (Å²) in [5.41, 5.74) is 5.33. The maximum absolute atomic E-state index is 12.6. The van der Waals surface area contributed by atoms with Gasteiger partial charge in [0.2, 0.25) is 5.91 Å². The first-order chi connectivity index (χ1) is 15.4. The molecule has 0 radical (unpaired) electrons. The molecule has 3 heterocycles. The highest BCUT2D eigenvalue weighted by Crippen LogP contribution is 2.18. The van der Waals surface area contributed by atoms with Crippen molar-refractivity contribution in [3.8, 4) is 5.75 Å². The van der Waals surface area contributed by atoms with Crippen LogP contribution in [0.1, 0.15) is 28.9 Å². The second-order valence-electron chi connectivity index (χ2n) is 8.26. The van der Waals surface area contributed by atoms with E-state index in [1.807, 2.05) is 11.8 Å². The first kappa shape index (κ1) is 22.2. The summed E-state index contributed by atoms with van der Waals surface area (Å²) in [7, 11) is 0. The minimum Gasteiger partial charge on any atom is -0.435 e. The maximum Gasteiger partial charge on any atom is 0.387 e. The molecular weight excluding hydrogens is 414 g/mol. The third-order valence-electron chi connectivity index (χ3n) is 5.96. The number of piperazine rings is 1. The number of carbonyl (C=O) groups is 1. The first-order valence-corrected chi connectivity index (χ1v) is 10.9. The number of pyridine rings is 1. The smallest absolute Gasteiger partial charge is 0.387 e. The van der Waals surface area contributed by atoms with Crippen molar-refractivity contribution in [3.63, 3.8) is 0 Å². The van der Waals surface area contributed by atoms with Crippen LogP contribution >= 0.6 is 0 Å². The number of amides is 1. The van der Waals surface area contributed by atoms with Crippen LogP contribution in [0.3, 0.4) is 0 Å². The van der Waals surface area contributed by atoms with Gasteiger partial charge in [-0.05, 0) is 55.7 Å². The molecule has 2 aromatic heterocycles. The summed E-state index contributed by atoms with van der Waals surface area (Å²) in [6.07, 6.45) is 3.06. The van der Waals surface area contributed by atoms with Crippen LogP contribution in [0.2, 0.25) is 0 Å². The number of hydrogen-bond acceptors (Lipinski definition) is 4. The summed E-state index contributed by atoms with van der Waals surface area (Å²) in [5, 5.41) is 0. The first-order valence-electron chi connectivity index (χ1n) is 10.9. The molecule has 0 N–H and O–H groups in total. The Morgan fingerprint density at radius 1 is 1.09 bits per heavy atom. The molecule has 0 atom stereocenters. The second kappa shape index (κ2) is 9.65. The van der Waals surface area contributed by atoms with Crippen LogP contribution in [-0.2, 0) is 17.8 Å². The van der Waals surface area contributed by atoms with Crippen molar-refractivity contribution >= 4 is 11.6 Å². The molecular formula is C24H28F2N4O2. The van der Waals surface area contributed by atoms with E-state index in [1.165, 1.54) is 23.4 Å². The fraction of sp³-hybridized carbons (Fsp3) is 0.417. The van der Waals surface area contributed by atoms with Crippen LogP contribution in [0.25, 0.3) is 5.65 Å². The van der Waals surface area contributed by atoms with Crippen molar-refractivity contribution in [2.45, 2.75) is 39.8 Å². The van der Waals surface area contributed by atoms with Crippen molar-refractivity contribution < 1.29 is 18.3 Å². The molecule has 170 valence electrons. The predicted molar refractivity (Wildman–Crippen MR) is 118 cm³/mol. The van der Waals surface area contributed by atoms with Crippen LogP contribution in [0.15, 0.2) is 42.6 Å². The number of aryl methyl sites for hydroxylation is 3. The molecule has 1 saturated heterocycles. The van der Waals surface area contributed by atoms with E-state index in [9.17, 15) is 13.6 Å². The normalized spacial score (nSPS) is 15.0. The third kappa shape index (κ3) is 5.24. The topological polar surface area (TPSA) is 50.1 Å². The molecule has 1 aliphatic rings. The summed E-state index contributed by atoms with van der Waals surface area (Å²) in [5.74, 6) is 0.251. The number of rotatable bonds is 7. The van der Waals surface area contributed by atoms with E-state index >= 15 is 0 Å². The average Bonchev–Trinajstić information content (AvgIpc) is 3.07. The summed E-state index contributed by atoms with van der Waals surface area (Å²) >= 11 is 0. The summed E-state index contributed by atoms with van der Waals surface area (Å²) in [6, 6.07) is 10.6. The molecule has 1 fully saturated rings. The number of carbonyl (C=O) groups excluding carboxylic acids is 1. The van der Waals surface area contributed by atoms with Crippen molar-refractivity contribution in [3.05, 3.63) is 65.1 Å². The zero-order chi connectivity index (χ0) is 22.7. The molecule has 8 heteroatoms. The number of halogens is 2. The lowest BCUT2D eigenvalue weighted by atomic mass is 10.1. The molecule has 3 aromatic rings. The Kier molecular flexibility index (Phi) is 6.69. The number of hydrogen-bond donors (Lipinski definition) is 0. The Labute approximate surface area is 186 Å².